The van der Waals surface area contributed by atoms with Crippen LogP contribution >= 0.6 is 0 Å². The molecular formula is C21H32N4O2. The predicted molar refractivity (Wildman–Crippen MR) is 108 cm³/mol. The Morgan fingerprint density at radius 2 is 2.00 bits per heavy atom. The first kappa shape index (κ1) is 19.7. The minimum absolute atomic E-state index is 0.0395. The summed E-state index contributed by atoms with van der Waals surface area (Å²) >= 11 is 0. The third kappa shape index (κ3) is 5.22. The number of carbonyl (C=O) groups excluding carboxylic acids is 2. The van der Waals surface area contributed by atoms with Crippen LogP contribution in [0.3, 0.4) is 0 Å². The number of unbranched alkanes of at least 4 members (excludes halogenated alkanes) is 1. The summed E-state index contributed by atoms with van der Waals surface area (Å²) < 4.78 is 0. The average molecular weight is 373 g/mol. The topological polar surface area (TPSA) is 64.7 Å². The summed E-state index contributed by atoms with van der Waals surface area (Å²) in [5.41, 5.74) is 2.47. The highest BCUT2D eigenvalue weighted by atomic mass is 16.2. The first-order chi connectivity index (χ1) is 13.0. The molecule has 1 aromatic rings. The van der Waals surface area contributed by atoms with E-state index >= 15 is 0 Å². The third-order valence-electron chi connectivity index (χ3n) is 5.67. The summed E-state index contributed by atoms with van der Waals surface area (Å²) in [4.78, 5) is 28.5. The molecule has 0 unspecified atom stereocenters. The van der Waals surface area contributed by atoms with Gasteiger partial charge in [-0.1, -0.05) is 6.92 Å². The Labute approximate surface area is 162 Å². The van der Waals surface area contributed by atoms with Crippen LogP contribution in [0.1, 0.15) is 48.5 Å². The molecule has 2 fully saturated rings. The minimum atomic E-state index is -0.0709. The maximum Gasteiger partial charge on any atom is 0.322 e. The zero-order valence-electron chi connectivity index (χ0n) is 16.6. The summed E-state index contributed by atoms with van der Waals surface area (Å²) in [6.07, 6.45) is 4.75. The average Bonchev–Trinajstić information content (AvgIpc) is 3.08. The number of hydrogen-bond acceptors (Lipinski definition) is 3. The van der Waals surface area contributed by atoms with Crippen molar-refractivity contribution < 1.29 is 9.59 Å². The molecule has 2 aliphatic heterocycles. The Balaban J connectivity index is 1.40. The smallest absolute Gasteiger partial charge is 0.322 e. The van der Waals surface area contributed by atoms with Crippen LogP contribution in [0.25, 0.3) is 0 Å². The van der Waals surface area contributed by atoms with Gasteiger partial charge in [0.2, 0.25) is 0 Å². The van der Waals surface area contributed by atoms with Gasteiger partial charge >= 0.3 is 6.03 Å². The van der Waals surface area contributed by atoms with E-state index < -0.39 is 0 Å². The molecule has 0 atom stereocenters. The predicted octanol–water partition coefficient (Wildman–Crippen LogP) is 2.77. The summed E-state index contributed by atoms with van der Waals surface area (Å²) in [5.74, 6) is 0.831. The minimum Gasteiger partial charge on any atom is -0.352 e. The van der Waals surface area contributed by atoms with E-state index in [9.17, 15) is 9.59 Å². The number of rotatable bonds is 7. The lowest BCUT2D eigenvalue weighted by atomic mass is 9.99. The van der Waals surface area contributed by atoms with Gasteiger partial charge in [-0.05, 0) is 81.9 Å². The largest absolute Gasteiger partial charge is 0.352 e. The number of aryl methyl sites for hydroxylation is 1. The summed E-state index contributed by atoms with van der Waals surface area (Å²) in [6, 6.07) is 5.47. The molecule has 2 saturated heterocycles. The van der Waals surface area contributed by atoms with Crippen molar-refractivity contribution in [3.8, 4) is 0 Å². The number of anilines is 1. The Morgan fingerprint density at radius 1 is 1.22 bits per heavy atom. The lowest BCUT2D eigenvalue weighted by Crippen LogP contribution is -2.34. The van der Waals surface area contributed by atoms with Crippen LogP contribution in [0.4, 0.5) is 10.5 Å². The van der Waals surface area contributed by atoms with Crippen molar-refractivity contribution in [2.24, 2.45) is 5.92 Å². The first-order valence-corrected chi connectivity index (χ1v) is 10.2. The van der Waals surface area contributed by atoms with Gasteiger partial charge < -0.3 is 15.5 Å². The molecule has 1 aromatic carbocycles. The number of urea groups is 1. The Bertz CT molecular complexity index is 668. The molecule has 0 bridgehead atoms. The molecule has 2 N–H and O–H groups in total. The lowest BCUT2D eigenvalue weighted by molar-refractivity contribution is 0.0952. The van der Waals surface area contributed by atoms with Crippen molar-refractivity contribution in [1.82, 2.24) is 15.5 Å². The maximum atomic E-state index is 12.4. The van der Waals surface area contributed by atoms with Gasteiger partial charge in [0.15, 0.2) is 0 Å². The molecule has 0 aliphatic carbocycles. The van der Waals surface area contributed by atoms with Crippen molar-refractivity contribution in [3.05, 3.63) is 29.3 Å². The molecule has 6 heteroatoms. The highest BCUT2D eigenvalue weighted by Crippen LogP contribution is 2.23. The van der Waals surface area contributed by atoms with Crippen molar-refractivity contribution >= 4 is 17.6 Å². The van der Waals surface area contributed by atoms with Crippen LogP contribution in [0.15, 0.2) is 18.2 Å². The second-order valence-electron chi connectivity index (χ2n) is 7.87. The van der Waals surface area contributed by atoms with E-state index in [1.807, 2.05) is 19.1 Å². The third-order valence-corrected chi connectivity index (χ3v) is 5.67. The highest BCUT2D eigenvalue weighted by Gasteiger charge is 2.23. The first-order valence-electron chi connectivity index (χ1n) is 10.2. The lowest BCUT2D eigenvalue weighted by Gasteiger charge is -2.30. The van der Waals surface area contributed by atoms with Crippen LogP contribution in [0, 0.1) is 12.8 Å². The SMILES string of the molecule is Cc1cc(C(=O)NCCCCN2CCC(C)CC2)ccc1N1CCNC1=O. The number of nitrogens with one attached hydrogen (secondary N) is 2. The van der Waals surface area contributed by atoms with E-state index in [4.69, 9.17) is 0 Å². The Kier molecular flexibility index (Phi) is 6.72. The van der Waals surface area contributed by atoms with Gasteiger partial charge in [0, 0.05) is 30.9 Å². The van der Waals surface area contributed by atoms with Crippen molar-refractivity contribution in [3.63, 3.8) is 0 Å². The van der Waals surface area contributed by atoms with E-state index in [1.165, 1.54) is 25.9 Å². The molecule has 2 aliphatic rings. The van der Waals surface area contributed by atoms with Gasteiger partial charge in [-0.25, -0.2) is 4.79 Å². The fourth-order valence-electron chi connectivity index (χ4n) is 3.85. The van der Waals surface area contributed by atoms with Gasteiger partial charge in [-0.3, -0.25) is 9.69 Å². The normalized spacial score (nSPS) is 18.6. The van der Waals surface area contributed by atoms with E-state index in [2.05, 4.69) is 22.5 Å². The van der Waals surface area contributed by atoms with E-state index in [0.717, 1.165) is 36.6 Å². The number of hydrogen-bond donors (Lipinski definition) is 2. The van der Waals surface area contributed by atoms with Gasteiger partial charge in [-0.2, -0.15) is 0 Å². The molecule has 0 saturated carbocycles. The number of likely N-dealkylation sites (tertiary alicyclic amines) is 1. The second-order valence-corrected chi connectivity index (χ2v) is 7.87. The molecule has 3 amide bonds. The molecule has 6 nitrogen and oxygen atoms in total. The molecule has 3 rings (SSSR count). The summed E-state index contributed by atoms with van der Waals surface area (Å²) in [5, 5.41) is 5.82. The number of piperidine rings is 1. The standard InChI is InChI=1S/C21H32N4O2/c1-16-7-12-24(13-8-16)11-4-3-9-22-20(26)18-5-6-19(17(2)15-18)25-14-10-23-21(25)27/h5-6,15-16H,3-4,7-14H2,1-2H3,(H,22,26)(H,23,27). The summed E-state index contributed by atoms with van der Waals surface area (Å²) in [7, 11) is 0. The van der Waals surface area contributed by atoms with Crippen LogP contribution < -0.4 is 15.5 Å². The molecule has 27 heavy (non-hydrogen) atoms. The summed E-state index contributed by atoms with van der Waals surface area (Å²) in [6.45, 7) is 9.88. The molecular weight excluding hydrogens is 340 g/mol. The van der Waals surface area contributed by atoms with E-state index in [-0.39, 0.29) is 11.9 Å². The van der Waals surface area contributed by atoms with Crippen molar-refractivity contribution in [1.29, 1.82) is 0 Å². The van der Waals surface area contributed by atoms with Gasteiger partial charge in [-0.15, -0.1) is 0 Å². The molecule has 0 radical (unpaired) electrons. The van der Waals surface area contributed by atoms with Crippen LogP contribution in [0.5, 0.6) is 0 Å². The second kappa shape index (κ2) is 9.22. The molecule has 0 spiro atoms. The van der Waals surface area contributed by atoms with Gasteiger partial charge in [0.05, 0.1) is 0 Å². The number of nitrogens with zero attached hydrogens (tertiary/aromatic N) is 2. The van der Waals surface area contributed by atoms with E-state index in [1.54, 1.807) is 11.0 Å². The maximum absolute atomic E-state index is 12.4. The zero-order chi connectivity index (χ0) is 19.2. The number of benzene rings is 1. The van der Waals surface area contributed by atoms with Crippen molar-refractivity contribution in [2.75, 3.05) is 44.2 Å². The molecule has 0 aromatic heterocycles. The number of carbonyl (C=O) groups is 2. The fourth-order valence-corrected chi connectivity index (χ4v) is 3.85. The number of amides is 3. The van der Waals surface area contributed by atoms with Crippen LogP contribution in [0.2, 0.25) is 0 Å². The molecule has 148 valence electrons. The molecule has 2 heterocycles. The van der Waals surface area contributed by atoms with Crippen molar-refractivity contribution in [2.45, 2.75) is 39.5 Å². The van der Waals surface area contributed by atoms with Crippen LogP contribution in [-0.4, -0.2) is 56.1 Å². The Hall–Kier alpha value is -2.08. The van der Waals surface area contributed by atoms with Gasteiger partial charge in [0.25, 0.3) is 5.91 Å². The zero-order valence-corrected chi connectivity index (χ0v) is 16.6. The fraction of sp³-hybridized carbons (Fsp3) is 0.619. The highest BCUT2D eigenvalue weighted by molar-refractivity contribution is 5.97. The quantitative estimate of drug-likeness (QED) is 0.724. The van der Waals surface area contributed by atoms with E-state index in [0.29, 0.717) is 25.2 Å². The monoisotopic (exact) mass is 372 g/mol. The Morgan fingerprint density at radius 3 is 2.67 bits per heavy atom. The van der Waals surface area contributed by atoms with Crippen LogP contribution in [-0.2, 0) is 0 Å². The van der Waals surface area contributed by atoms with Gasteiger partial charge in [0.1, 0.15) is 0 Å².